The lowest BCUT2D eigenvalue weighted by Gasteiger charge is -2.31. The van der Waals surface area contributed by atoms with Gasteiger partial charge in [-0.3, -0.25) is 4.79 Å². The van der Waals surface area contributed by atoms with E-state index in [1.54, 1.807) is 0 Å². The molecule has 0 bridgehead atoms. The van der Waals surface area contributed by atoms with Crippen LogP contribution in [0.5, 0.6) is 0 Å². The molecule has 0 aromatic rings. The Morgan fingerprint density at radius 2 is 1.79 bits per heavy atom. The highest BCUT2D eigenvalue weighted by molar-refractivity contribution is 5.84. The van der Waals surface area contributed by atoms with Crippen LogP contribution in [0.15, 0.2) is 0 Å². The summed E-state index contributed by atoms with van der Waals surface area (Å²) < 4.78 is 0. The summed E-state index contributed by atoms with van der Waals surface area (Å²) in [6.07, 6.45) is 8.47. The first kappa shape index (κ1) is 16.4. The Hall–Kier alpha value is -0.610. The molecule has 0 radical (unpaired) electrons. The minimum atomic E-state index is -0.557. The fourth-order valence-corrected chi connectivity index (χ4v) is 2.62. The molecular formula is C15H31N3O. The minimum Gasteiger partial charge on any atom is -0.368 e. The molecule has 1 atom stereocenters. The van der Waals surface area contributed by atoms with Crippen LogP contribution in [0, 0.1) is 0 Å². The number of likely N-dealkylation sites (tertiary alicyclic amines) is 1. The van der Waals surface area contributed by atoms with Gasteiger partial charge in [0.2, 0.25) is 5.91 Å². The molecule has 0 saturated carbocycles. The number of primary amides is 1. The number of nitrogens with one attached hydrogen (secondary N) is 1. The highest BCUT2D eigenvalue weighted by Gasteiger charge is 2.30. The molecule has 1 heterocycles. The number of nitrogens with zero attached hydrogens (tertiary/aromatic N) is 1. The zero-order valence-corrected chi connectivity index (χ0v) is 12.7. The largest absolute Gasteiger partial charge is 0.368 e. The molecule has 1 aliphatic rings. The average Bonchev–Trinajstić information content (AvgIpc) is 2.34. The van der Waals surface area contributed by atoms with Gasteiger partial charge in [-0.05, 0) is 52.2 Å². The smallest absolute Gasteiger partial charge is 0.237 e. The van der Waals surface area contributed by atoms with Gasteiger partial charge in [-0.15, -0.1) is 0 Å². The summed E-state index contributed by atoms with van der Waals surface area (Å²) in [5.74, 6) is -0.229. The summed E-state index contributed by atoms with van der Waals surface area (Å²) in [5, 5.41) is 3.31. The van der Waals surface area contributed by atoms with Gasteiger partial charge in [0.25, 0.3) is 0 Å². The van der Waals surface area contributed by atoms with Crippen molar-refractivity contribution < 1.29 is 4.79 Å². The lowest BCUT2D eigenvalue weighted by atomic mass is 9.96. The van der Waals surface area contributed by atoms with E-state index in [0.29, 0.717) is 0 Å². The Morgan fingerprint density at radius 1 is 1.21 bits per heavy atom. The highest BCUT2D eigenvalue weighted by Crippen LogP contribution is 2.14. The second-order valence-corrected chi connectivity index (χ2v) is 5.98. The van der Waals surface area contributed by atoms with Gasteiger partial charge < -0.3 is 16.0 Å². The first-order valence-corrected chi connectivity index (χ1v) is 7.86. The zero-order valence-electron chi connectivity index (χ0n) is 12.7. The zero-order chi connectivity index (χ0) is 14.1. The van der Waals surface area contributed by atoms with Crippen LogP contribution in [0.1, 0.15) is 58.8 Å². The topological polar surface area (TPSA) is 58.4 Å². The summed E-state index contributed by atoms with van der Waals surface area (Å²) in [4.78, 5) is 14.2. The van der Waals surface area contributed by atoms with E-state index in [9.17, 15) is 4.79 Å². The molecule has 4 heteroatoms. The molecule has 4 nitrogen and oxygen atoms in total. The minimum absolute atomic E-state index is 0.229. The van der Waals surface area contributed by atoms with Gasteiger partial charge >= 0.3 is 0 Å². The Bertz CT molecular complexity index is 262. The van der Waals surface area contributed by atoms with E-state index in [0.717, 1.165) is 25.9 Å². The van der Waals surface area contributed by atoms with Crippen molar-refractivity contribution in [3.05, 3.63) is 0 Å². The Morgan fingerprint density at radius 3 is 2.32 bits per heavy atom. The monoisotopic (exact) mass is 269 g/mol. The maximum absolute atomic E-state index is 11.7. The standard InChI is InChI=1S/C15H31N3O/c1-3-10-17-15(2,14(16)19)9-13-18-11-7-5-4-6-8-12-18/h17H,3-13H2,1-2H3,(H2,16,19). The van der Waals surface area contributed by atoms with Crippen LogP contribution >= 0.6 is 0 Å². The van der Waals surface area contributed by atoms with Gasteiger partial charge in [0.15, 0.2) is 0 Å². The molecule has 0 aromatic carbocycles. The predicted molar refractivity (Wildman–Crippen MR) is 80.0 cm³/mol. The molecule has 1 rings (SSSR count). The maximum Gasteiger partial charge on any atom is 0.237 e. The quantitative estimate of drug-likeness (QED) is 0.742. The molecule has 1 amide bonds. The maximum atomic E-state index is 11.7. The number of hydrogen-bond donors (Lipinski definition) is 2. The van der Waals surface area contributed by atoms with Gasteiger partial charge in [0, 0.05) is 6.54 Å². The fourth-order valence-electron chi connectivity index (χ4n) is 2.62. The second kappa shape index (κ2) is 8.54. The number of carbonyl (C=O) groups is 1. The first-order valence-electron chi connectivity index (χ1n) is 7.86. The number of hydrogen-bond acceptors (Lipinski definition) is 3. The summed E-state index contributed by atoms with van der Waals surface area (Å²) in [6.45, 7) is 8.20. The van der Waals surface area contributed by atoms with Crippen LogP contribution in [0.2, 0.25) is 0 Å². The summed E-state index contributed by atoms with van der Waals surface area (Å²) in [7, 11) is 0. The van der Waals surface area contributed by atoms with Crippen molar-refractivity contribution in [2.45, 2.75) is 64.3 Å². The van der Waals surface area contributed by atoms with E-state index in [-0.39, 0.29) is 5.91 Å². The van der Waals surface area contributed by atoms with Gasteiger partial charge in [-0.1, -0.05) is 26.2 Å². The number of amides is 1. The van der Waals surface area contributed by atoms with E-state index in [4.69, 9.17) is 5.73 Å². The number of nitrogens with two attached hydrogens (primary N) is 1. The van der Waals surface area contributed by atoms with Crippen molar-refractivity contribution in [1.82, 2.24) is 10.2 Å². The SMILES string of the molecule is CCCNC(C)(CCN1CCCCCCC1)C(N)=O. The number of carbonyl (C=O) groups excluding carboxylic acids is 1. The third kappa shape index (κ3) is 5.91. The predicted octanol–water partition coefficient (Wildman–Crippen LogP) is 1.89. The van der Waals surface area contributed by atoms with E-state index < -0.39 is 5.54 Å². The molecule has 1 unspecified atom stereocenters. The molecule has 1 fully saturated rings. The highest BCUT2D eigenvalue weighted by atomic mass is 16.1. The van der Waals surface area contributed by atoms with Crippen LogP contribution in [-0.2, 0) is 4.79 Å². The molecule has 1 aliphatic heterocycles. The fraction of sp³-hybridized carbons (Fsp3) is 0.933. The molecule has 112 valence electrons. The molecule has 0 aromatic heterocycles. The molecule has 3 N–H and O–H groups in total. The van der Waals surface area contributed by atoms with E-state index in [2.05, 4.69) is 17.1 Å². The van der Waals surface area contributed by atoms with Gasteiger partial charge in [0.1, 0.15) is 0 Å². The Kier molecular flexibility index (Phi) is 7.39. The summed E-state index contributed by atoms with van der Waals surface area (Å²) in [6, 6.07) is 0. The molecular weight excluding hydrogens is 238 g/mol. The molecule has 0 spiro atoms. The molecule has 19 heavy (non-hydrogen) atoms. The van der Waals surface area contributed by atoms with E-state index in [1.165, 1.54) is 45.2 Å². The first-order chi connectivity index (χ1) is 9.08. The van der Waals surface area contributed by atoms with Crippen LogP contribution < -0.4 is 11.1 Å². The van der Waals surface area contributed by atoms with Crippen molar-refractivity contribution >= 4 is 5.91 Å². The van der Waals surface area contributed by atoms with Crippen molar-refractivity contribution in [1.29, 1.82) is 0 Å². The van der Waals surface area contributed by atoms with E-state index >= 15 is 0 Å². The van der Waals surface area contributed by atoms with Crippen molar-refractivity contribution in [3.63, 3.8) is 0 Å². The normalized spacial score (nSPS) is 21.4. The van der Waals surface area contributed by atoms with Crippen molar-refractivity contribution in [3.8, 4) is 0 Å². The van der Waals surface area contributed by atoms with Crippen LogP contribution in [0.25, 0.3) is 0 Å². The average molecular weight is 269 g/mol. The Balaban J connectivity index is 2.42. The second-order valence-electron chi connectivity index (χ2n) is 5.98. The van der Waals surface area contributed by atoms with Crippen molar-refractivity contribution in [2.75, 3.05) is 26.2 Å². The van der Waals surface area contributed by atoms with Gasteiger partial charge in [-0.2, -0.15) is 0 Å². The number of rotatable bonds is 7. The van der Waals surface area contributed by atoms with E-state index in [1.807, 2.05) is 6.92 Å². The molecule has 0 aliphatic carbocycles. The third-order valence-electron chi connectivity index (χ3n) is 4.19. The van der Waals surface area contributed by atoms with Crippen LogP contribution in [0.3, 0.4) is 0 Å². The summed E-state index contributed by atoms with van der Waals surface area (Å²) >= 11 is 0. The van der Waals surface area contributed by atoms with Gasteiger partial charge in [-0.25, -0.2) is 0 Å². The lowest BCUT2D eigenvalue weighted by molar-refractivity contribution is -0.124. The lowest BCUT2D eigenvalue weighted by Crippen LogP contribution is -2.54. The van der Waals surface area contributed by atoms with Crippen LogP contribution in [0.4, 0.5) is 0 Å². The molecule has 1 saturated heterocycles. The Labute approximate surface area is 118 Å². The third-order valence-corrected chi connectivity index (χ3v) is 4.19. The van der Waals surface area contributed by atoms with Crippen LogP contribution in [-0.4, -0.2) is 42.5 Å². The van der Waals surface area contributed by atoms with Crippen molar-refractivity contribution in [2.24, 2.45) is 5.73 Å². The van der Waals surface area contributed by atoms with Gasteiger partial charge in [0.05, 0.1) is 5.54 Å². The summed E-state index contributed by atoms with van der Waals surface area (Å²) in [5.41, 5.74) is 5.01.